The van der Waals surface area contributed by atoms with Crippen molar-refractivity contribution in [2.75, 3.05) is 0 Å². The number of nitrogens with zero attached hydrogens (tertiary/aromatic N) is 1. The lowest BCUT2D eigenvalue weighted by molar-refractivity contribution is -0.141. The molecule has 2 amide bonds. The van der Waals surface area contributed by atoms with Gasteiger partial charge in [0.05, 0.1) is 6.42 Å². The van der Waals surface area contributed by atoms with Crippen LogP contribution in [0, 0.1) is 5.82 Å². The minimum absolute atomic E-state index is 0.0432. The Morgan fingerprint density at radius 2 is 1.42 bits per heavy atom. The molecule has 0 aromatic heterocycles. The summed E-state index contributed by atoms with van der Waals surface area (Å²) in [6.07, 6.45) is -0.0940. The maximum absolute atomic E-state index is 14.6. The monoisotopic (exact) mass is 548 g/mol. The Bertz CT molecular complexity index is 1190. The minimum atomic E-state index is -0.919. The summed E-state index contributed by atoms with van der Waals surface area (Å²) in [5.74, 6) is -1.42. The molecule has 0 spiro atoms. The van der Waals surface area contributed by atoms with Gasteiger partial charge in [-0.3, -0.25) is 9.59 Å². The summed E-state index contributed by atoms with van der Waals surface area (Å²) in [6, 6.07) is 17.7. The Kier molecular flexibility index (Phi) is 9.40. The summed E-state index contributed by atoms with van der Waals surface area (Å²) >= 11 is 19.1. The van der Waals surface area contributed by atoms with Gasteiger partial charge in [-0.25, -0.2) is 4.39 Å². The first-order chi connectivity index (χ1) is 17.0. The molecule has 0 saturated carbocycles. The predicted molar refractivity (Wildman–Crippen MR) is 144 cm³/mol. The van der Waals surface area contributed by atoms with Crippen molar-refractivity contribution in [3.8, 4) is 0 Å². The van der Waals surface area contributed by atoms with Crippen LogP contribution in [-0.4, -0.2) is 28.3 Å². The van der Waals surface area contributed by atoms with E-state index in [1.807, 2.05) is 51.1 Å². The summed E-state index contributed by atoms with van der Waals surface area (Å²) in [4.78, 5) is 28.8. The number of hydrogen-bond acceptors (Lipinski definition) is 2. The van der Waals surface area contributed by atoms with Gasteiger partial charge in [0.15, 0.2) is 0 Å². The van der Waals surface area contributed by atoms with Crippen LogP contribution in [0.5, 0.6) is 0 Å². The third kappa shape index (κ3) is 7.45. The van der Waals surface area contributed by atoms with Crippen molar-refractivity contribution in [2.24, 2.45) is 0 Å². The maximum Gasteiger partial charge on any atom is 0.243 e. The van der Waals surface area contributed by atoms with Crippen LogP contribution >= 0.6 is 34.8 Å². The molecule has 0 unspecified atom stereocenters. The number of nitrogens with one attached hydrogen (secondary N) is 1. The van der Waals surface area contributed by atoms with Gasteiger partial charge in [-0.15, -0.1) is 0 Å². The lowest BCUT2D eigenvalue weighted by atomic mass is 9.99. The largest absolute Gasteiger partial charge is 0.350 e. The number of hydrogen-bond donors (Lipinski definition) is 1. The van der Waals surface area contributed by atoms with Gasteiger partial charge in [-0.1, -0.05) is 77.3 Å². The number of carbonyl (C=O) groups excluding carboxylic acids is 2. The van der Waals surface area contributed by atoms with Crippen LogP contribution in [0.3, 0.4) is 0 Å². The Hall–Kier alpha value is -2.60. The zero-order valence-corrected chi connectivity index (χ0v) is 22.6. The zero-order valence-electron chi connectivity index (χ0n) is 20.3. The van der Waals surface area contributed by atoms with Crippen molar-refractivity contribution < 1.29 is 14.0 Å². The molecule has 8 heteroatoms. The van der Waals surface area contributed by atoms with Crippen LogP contribution in [0.1, 0.15) is 37.5 Å². The van der Waals surface area contributed by atoms with Crippen molar-refractivity contribution in [1.82, 2.24) is 10.2 Å². The third-order valence-corrected chi connectivity index (χ3v) is 6.61. The van der Waals surface area contributed by atoms with Crippen molar-refractivity contribution in [3.63, 3.8) is 0 Å². The molecule has 4 nitrogen and oxygen atoms in total. The fourth-order valence-electron chi connectivity index (χ4n) is 3.81. The molecule has 0 aliphatic carbocycles. The fraction of sp³-hybridized carbons (Fsp3) is 0.286. The summed E-state index contributed by atoms with van der Waals surface area (Å²) in [6.45, 7) is 5.54. The van der Waals surface area contributed by atoms with Gasteiger partial charge in [0.25, 0.3) is 0 Å². The smallest absolute Gasteiger partial charge is 0.243 e. The molecule has 0 aliphatic rings. The number of rotatable bonds is 8. The Labute approximate surface area is 226 Å². The van der Waals surface area contributed by atoms with Crippen molar-refractivity contribution in [3.05, 3.63) is 104 Å². The first-order valence-electron chi connectivity index (χ1n) is 11.5. The van der Waals surface area contributed by atoms with Crippen LogP contribution in [0.15, 0.2) is 66.7 Å². The highest BCUT2D eigenvalue weighted by Gasteiger charge is 2.33. The minimum Gasteiger partial charge on any atom is -0.350 e. The van der Waals surface area contributed by atoms with Gasteiger partial charge in [0, 0.05) is 44.7 Å². The Morgan fingerprint density at radius 3 is 1.97 bits per heavy atom. The molecule has 3 aromatic rings. The summed E-state index contributed by atoms with van der Waals surface area (Å²) < 4.78 is 14.6. The molecule has 3 aromatic carbocycles. The Balaban J connectivity index is 2.08. The number of benzene rings is 3. The van der Waals surface area contributed by atoms with Gasteiger partial charge >= 0.3 is 0 Å². The molecule has 190 valence electrons. The second-order valence-electron chi connectivity index (χ2n) is 9.54. The van der Waals surface area contributed by atoms with E-state index in [4.69, 9.17) is 34.8 Å². The molecule has 0 saturated heterocycles. The standard InChI is InChI=1S/C28H28Cl3FN2O2/c1-28(2,3)33-27(36)25(15-18-9-5-4-6-10-18)34(17-20-22(30)11-7-12-23(20)31)26(35)16-19-21(29)13-8-14-24(19)32/h4-14,25H,15-17H2,1-3H3,(H,33,36)/t25-/m1/s1. The maximum atomic E-state index is 14.6. The molecule has 0 fully saturated rings. The van der Waals surface area contributed by atoms with Crippen molar-refractivity contribution in [1.29, 1.82) is 0 Å². The van der Waals surface area contributed by atoms with Gasteiger partial charge in [0.2, 0.25) is 11.8 Å². The second-order valence-corrected chi connectivity index (χ2v) is 10.8. The van der Waals surface area contributed by atoms with E-state index in [-0.39, 0.29) is 35.9 Å². The quantitative estimate of drug-likeness (QED) is 0.333. The predicted octanol–water partition coefficient (Wildman–Crippen LogP) is 6.88. The molecule has 3 rings (SSSR count). The fourth-order valence-corrected chi connectivity index (χ4v) is 4.56. The Morgan fingerprint density at radius 1 is 0.861 bits per heavy atom. The molecular weight excluding hydrogens is 522 g/mol. The lowest BCUT2D eigenvalue weighted by Gasteiger charge is -2.34. The number of halogens is 4. The second kappa shape index (κ2) is 12.1. The average Bonchev–Trinajstić information content (AvgIpc) is 2.80. The first kappa shape index (κ1) is 28.0. The first-order valence-corrected chi connectivity index (χ1v) is 12.6. The highest BCUT2D eigenvalue weighted by molar-refractivity contribution is 6.36. The highest BCUT2D eigenvalue weighted by Crippen LogP contribution is 2.28. The topological polar surface area (TPSA) is 49.4 Å². The molecule has 1 N–H and O–H groups in total. The molecule has 0 bridgehead atoms. The molecule has 0 radical (unpaired) electrons. The van der Waals surface area contributed by atoms with Gasteiger partial charge < -0.3 is 10.2 Å². The highest BCUT2D eigenvalue weighted by atomic mass is 35.5. The third-order valence-electron chi connectivity index (χ3n) is 5.55. The van der Waals surface area contributed by atoms with Crippen LogP contribution in [0.4, 0.5) is 4.39 Å². The average molecular weight is 550 g/mol. The van der Waals surface area contributed by atoms with Gasteiger partial charge in [-0.2, -0.15) is 0 Å². The van der Waals surface area contributed by atoms with Crippen molar-refractivity contribution in [2.45, 2.75) is 51.7 Å². The van der Waals surface area contributed by atoms with E-state index < -0.39 is 23.3 Å². The summed E-state index contributed by atoms with van der Waals surface area (Å²) in [7, 11) is 0. The summed E-state index contributed by atoms with van der Waals surface area (Å²) in [5.41, 5.74) is 0.875. The molecule has 0 aliphatic heterocycles. The molecule has 1 atom stereocenters. The number of carbonyl (C=O) groups is 2. The van der Waals surface area contributed by atoms with Crippen LogP contribution in [0.2, 0.25) is 15.1 Å². The van der Waals surface area contributed by atoms with Crippen LogP contribution in [-0.2, 0) is 29.0 Å². The molecule has 36 heavy (non-hydrogen) atoms. The van der Waals surface area contributed by atoms with Crippen LogP contribution < -0.4 is 5.32 Å². The van der Waals surface area contributed by atoms with E-state index in [9.17, 15) is 14.0 Å². The van der Waals surface area contributed by atoms with E-state index in [0.717, 1.165) is 5.56 Å². The van der Waals surface area contributed by atoms with E-state index in [2.05, 4.69) is 5.32 Å². The van der Waals surface area contributed by atoms with E-state index in [0.29, 0.717) is 15.6 Å². The lowest BCUT2D eigenvalue weighted by Crippen LogP contribution is -2.54. The number of amides is 2. The van der Waals surface area contributed by atoms with Gasteiger partial charge in [-0.05, 0) is 50.6 Å². The summed E-state index contributed by atoms with van der Waals surface area (Å²) in [5, 5.41) is 3.83. The van der Waals surface area contributed by atoms with Crippen molar-refractivity contribution >= 4 is 46.6 Å². The molecule has 0 heterocycles. The van der Waals surface area contributed by atoms with E-state index in [1.165, 1.54) is 23.1 Å². The molecular formula is C28H28Cl3FN2O2. The SMILES string of the molecule is CC(C)(C)NC(=O)[C@@H](Cc1ccccc1)N(Cc1c(Cl)cccc1Cl)C(=O)Cc1c(F)cccc1Cl. The van der Waals surface area contributed by atoms with Gasteiger partial charge in [0.1, 0.15) is 11.9 Å². The van der Waals surface area contributed by atoms with E-state index in [1.54, 1.807) is 18.2 Å². The van der Waals surface area contributed by atoms with E-state index >= 15 is 0 Å². The van der Waals surface area contributed by atoms with Crippen LogP contribution in [0.25, 0.3) is 0 Å². The zero-order chi connectivity index (χ0) is 26.5. The normalized spacial score (nSPS) is 12.2.